The Kier molecular flexibility index (Phi) is 5.33. The van der Waals surface area contributed by atoms with Crippen molar-refractivity contribution in [3.8, 4) is 0 Å². The predicted molar refractivity (Wildman–Crippen MR) is 61.7 cm³/mol. The molecular weight excluding hydrogens is 309 g/mol. The normalized spacial score (nSPS) is 13.3. The third kappa shape index (κ3) is 5.17. The van der Waals surface area contributed by atoms with E-state index in [2.05, 4.69) is 4.74 Å². The van der Waals surface area contributed by atoms with Crippen molar-refractivity contribution in [3.05, 3.63) is 28.8 Å². The summed E-state index contributed by atoms with van der Waals surface area (Å²) >= 11 is 5.61. The van der Waals surface area contributed by atoms with Gasteiger partial charge in [-0.2, -0.15) is 0 Å². The first-order chi connectivity index (χ1) is 8.70. The Morgan fingerprint density at radius 3 is 2.58 bits per heavy atom. The molecule has 0 fully saturated rings. The summed E-state index contributed by atoms with van der Waals surface area (Å²) in [4.78, 5) is 10.9. The minimum Gasteiger partial charge on any atom is -0.478 e. The zero-order chi connectivity index (χ0) is 14.6. The van der Waals surface area contributed by atoms with E-state index in [-0.39, 0.29) is 15.5 Å². The molecule has 1 N–H and O–H groups in total. The summed E-state index contributed by atoms with van der Waals surface area (Å²) in [6.07, 6.45) is -4.78. The van der Waals surface area contributed by atoms with Gasteiger partial charge >= 0.3 is 12.3 Å². The third-order valence-electron chi connectivity index (χ3n) is 1.97. The number of carbonyl (C=O) groups is 1. The molecule has 0 heterocycles. The van der Waals surface area contributed by atoms with Gasteiger partial charge in [-0.25, -0.2) is 4.79 Å². The highest BCUT2D eigenvalue weighted by molar-refractivity contribution is 7.85. The average Bonchev–Trinajstić information content (AvgIpc) is 2.27. The van der Waals surface area contributed by atoms with Gasteiger partial charge in [-0.1, -0.05) is 11.6 Å². The molecule has 19 heavy (non-hydrogen) atoms. The van der Waals surface area contributed by atoms with Gasteiger partial charge in [0.05, 0.1) is 33.7 Å². The fourth-order valence-corrected chi connectivity index (χ4v) is 2.30. The number of rotatable bonds is 5. The lowest BCUT2D eigenvalue weighted by Gasteiger charge is -2.08. The van der Waals surface area contributed by atoms with Crippen molar-refractivity contribution in [2.75, 3.05) is 12.4 Å². The van der Waals surface area contributed by atoms with Crippen LogP contribution in [0.3, 0.4) is 0 Å². The molecule has 0 aliphatic carbocycles. The Labute approximate surface area is 113 Å². The molecule has 0 aliphatic heterocycles. The molecular formula is C10H8ClF3O4S. The lowest BCUT2D eigenvalue weighted by molar-refractivity contribution is -0.322. The summed E-state index contributed by atoms with van der Waals surface area (Å²) < 4.78 is 50.3. The maximum absolute atomic E-state index is 11.7. The van der Waals surface area contributed by atoms with Gasteiger partial charge < -0.3 is 5.11 Å². The number of halogens is 4. The Bertz CT molecular complexity index is 504. The molecule has 0 aromatic heterocycles. The Morgan fingerprint density at radius 1 is 1.42 bits per heavy atom. The SMILES string of the molecule is O=C(O)c1cc(S(=O)CCOC(F)(F)F)ccc1Cl. The van der Waals surface area contributed by atoms with Crippen molar-refractivity contribution in [1.82, 2.24) is 0 Å². The first-order valence-electron chi connectivity index (χ1n) is 4.82. The minimum absolute atomic E-state index is 0.0419. The van der Waals surface area contributed by atoms with Crippen LogP contribution in [0.15, 0.2) is 23.1 Å². The van der Waals surface area contributed by atoms with Crippen LogP contribution in [-0.4, -0.2) is 34.0 Å². The van der Waals surface area contributed by atoms with Crippen molar-refractivity contribution < 1.29 is 32.0 Å². The number of carboxylic acid groups (broad SMARTS) is 1. The molecule has 0 amide bonds. The molecule has 0 saturated heterocycles. The van der Waals surface area contributed by atoms with Crippen LogP contribution >= 0.6 is 11.6 Å². The highest BCUT2D eigenvalue weighted by Gasteiger charge is 2.29. The number of benzene rings is 1. The van der Waals surface area contributed by atoms with Gasteiger partial charge in [-0.05, 0) is 18.2 Å². The van der Waals surface area contributed by atoms with Crippen molar-refractivity contribution >= 4 is 28.4 Å². The second-order valence-electron chi connectivity index (χ2n) is 3.29. The van der Waals surface area contributed by atoms with Crippen LogP contribution in [0.4, 0.5) is 13.2 Å². The summed E-state index contributed by atoms with van der Waals surface area (Å²) in [5.74, 6) is -1.71. The number of hydrogen-bond acceptors (Lipinski definition) is 3. The summed E-state index contributed by atoms with van der Waals surface area (Å²) in [5, 5.41) is 8.76. The van der Waals surface area contributed by atoms with Gasteiger partial charge in [0.15, 0.2) is 0 Å². The van der Waals surface area contributed by atoms with Crippen molar-refractivity contribution in [1.29, 1.82) is 0 Å². The molecule has 9 heteroatoms. The van der Waals surface area contributed by atoms with E-state index in [1.165, 1.54) is 12.1 Å². The smallest absolute Gasteiger partial charge is 0.478 e. The highest BCUT2D eigenvalue weighted by atomic mass is 35.5. The lowest BCUT2D eigenvalue weighted by Crippen LogP contribution is -2.18. The first-order valence-corrected chi connectivity index (χ1v) is 6.52. The van der Waals surface area contributed by atoms with Gasteiger partial charge in [0, 0.05) is 4.90 Å². The first kappa shape index (κ1) is 15.9. The molecule has 1 unspecified atom stereocenters. The quantitative estimate of drug-likeness (QED) is 0.907. The summed E-state index contributed by atoms with van der Waals surface area (Å²) in [5.41, 5.74) is -0.260. The fraction of sp³-hybridized carbons (Fsp3) is 0.300. The van der Waals surface area contributed by atoms with Gasteiger partial charge in [0.2, 0.25) is 0 Å². The molecule has 0 spiro atoms. The van der Waals surface area contributed by atoms with Gasteiger partial charge in [-0.15, -0.1) is 13.2 Å². The van der Waals surface area contributed by atoms with Gasteiger partial charge in [-0.3, -0.25) is 8.95 Å². The second-order valence-corrected chi connectivity index (χ2v) is 5.27. The molecule has 106 valence electrons. The largest absolute Gasteiger partial charge is 0.522 e. The van der Waals surface area contributed by atoms with E-state index in [0.717, 1.165) is 6.07 Å². The third-order valence-corrected chi connectivity index (χ3v) is 3.61. The predicted octanol–water partition coefficient (Wildman–Crippen LogP) is 2.68. The molecule has 0 bridgehead atoms. The van der Waals surface area contributed by atoms with E-state index in [4.69, 9.17) is 16.7 Å². The van der Waals surface area contributed by atoms with E-state index in [0.29, 0.717) is 0 Å². The van der Waals surface area contributed by atoms with Crippen molar-refractivity contribution in [2.45, 2.75) is 11.3 Å². The van der Waals surface area contributed by atoms with Crippen LogP contribution in [0, 0.1) is 0 Å². The monoisotopic (exact) mass is 316 g/mol. The maximum Gasteiger partial charge on any atom is 0.522 e. The van der Waals surface area contributed by atoms with Crippen molar-refractivity contribution in [3.63, 3.8) is 0 Å². The van der Waals surface area contributed by atoms with Crippen LogP contribution in [0.2, 0.25) is 5.02 Å². The topological polar surface area (TPSA) is 63.6 Å². The van der Waals surface area contributed by atoms with Gasteiger partial charge in [0.25, 0.3) is 0 Å². The number of carboxylic acids is 1. The summed E-state index contributed by atoms with van der Waals surface area (Å²) in [6, 6.07) is 3.58. The number of ether oxygens (including phenoxy) is 1. The van der Waals surface area contributed by atoms with Crippen LogP contribution in [0.5, 0.6) is 0 Å². The minimum atomic E-state index is -4.78. The van der Waals surface area contributed by atoms with E-state index in [9.17, 15) is 22.2 Å². The molecule has 1 aromatic carbocycles. The Morgan fingerprint density at radius 2 is 2.05 bits per heavy atom. The summed E-state index contributed by atoms with van der Waals surface area (Å²) in [7, 11) is -1.80. The molecule has 0 radical (unpaired) electrons. The number of alkyl halides is 3. The number of hydrogen-bond donors (Lipinski definition) is 1. The molecule has 1 aromatic rings. The zero-order valence-corrected chi connectivity index (χ0v) is 10.8. The average molecular weight is 317 g/mol. The molecule has 4 nitrogen and oxygen atoms in total. The van der Waals surface area contributed by atoms with Crippen LogP contribution in [0.1, 0.15) is 10.4 Å². The Hall–Kier alpha value is -1.12. The summed E-state index contributed by atoms with van der Waals surface area (Å²) in [6.45, 7) is -0.777. The lowest BCUT2D eigenvalue weighted by atomic mass is 10.2. The van der Waals surface area contributed by atoms with Crippen LogP contribution < -0.4 is 0 Å². The van der Waals surface area contributed by atoms with E-state index in [1.807, 2.05) is 0 Å². The van der Waals surface area contributed by atoms with Crippen LogP contribution in [-0.2, 0) is 15.5 Å². The Balaban J connectivity index is 2.73. The van der Waals surface area contributed by atoms with Gasteiger partial charge in [0.1, 0.15) is 0 Å². The van der Waals surface area contributed by atoms with E-state index >= 15 is 0 Å². The maximum atomic E-state index is 11.7. The fourth-order valence-electron chi connectivity index (χ4n) is 1.16. The standard InChI is InChI=1S/C10H8ClF3O4S/c11-8-2-1-6(5-7(8)9(15)16)19(17)4-3-18-10(12,13)14/h1-2,5H,3-4H2,(H,15,16). The molecule has 1 atom stereocenters. The van der Waals surface area contributed by atoms with E-state index < -0.39 is 35.5 Å². The molecule has 1 rings (SSSR count). The zero-order valence-electron chi connectivity index (χ0n) is 9.24. The second kappa shape index (κ2) is 6.36. The molecule has 0 aliphatic rings. The van der Waals surface area contributed by atoms with E-state index in [1.54, 1.807) is 0 Å². The van der Waals surface area contributed by atoms with Crippen LogP contribution in [0.25, 0.3) is 0 Å². The van der Waals surface area contributed by atoms with Crippen molar-refractivity contribution in [2.24, 2.45) is 0 Å². The highest BCUT2D eigenvalue weighted by Crippen LogP contribution is 2.20. The molecule has 0 saturated carbocycles. The number of aromatic carboxylic acids is 1.